The first-order chi connectivity index (χ1) is 4.99. The molecule has 0 spiro atoms. The lowest BCUT2D eigenvalue weighted by atomic mass is 9.74. The molecule has 66 valence electrons. The van der Waals surface area contributed by atoms with Gasteiger partial charge in [-0.05, 0) is 30.6 Å². The molecule has 0 amide bonds. The Morgan fingerprint density at radius 1 is 1.09 bits per heavy atom. The molecule has 0 unspecified atom stereocenters. The minimum Gasteiger partial charge on any atom is -0.324 e. The van der Waals surface area contributed by atoms with Gasteiger partial charge < -0.3 is 5.73 Å². The summed E-state index contributed by atoms with van der Waals surface area (Å²) in [5, 5.41) is 0. The van der Waals surface area contributed by atoms with Gasteiger partial charge >= 0.3 is 0 Å². The minimum absolute atomic E-state index is 0.111. The first kappa shape index (κ1) is 9.05. The normalized spacial score (nSPS) is 19.9. The van der Waals surface area contributed by atoms with Crippen molar-refractivity contribution in [3.63, 3.8) is 0 Å². The summed E-state index contributed by atoms with van der Waals surface area (Å²) in [7, 11) is 0. The van der Waals surface area contributed by atoms with Crippen molar-refractivity contribution < 1.29 is 0 Å². The standard InChI is InChI=1S/C10H21N/c1-7(2)10(11,8(3)4)9-5-6-9/h7-9H,5-6,11H2,1-4H3. The quantitative estimate of drug-likeness (QED) is 0.665. The Balaban J connectivity index is 2.69. The van der Waals surface area contributed by atoms with E-state index in [4.69, 9.17) is 5.73 Å². The van der Waals surface area contributed by atoms with Gasteiger partial charge in [0.1, 0.15) is 0 Å². The summed E-state index contributed by atoms with van der Waals surface area (Å²) in [6.45, 7) is 8.99. The molecule has 1 rings (SSSR count). The van der Waals surface area contributed by atoms with E-state index in [2.05, 4.69) is 27.7 Å². The van der Waals surface area contributed by atoms with Crippen molar-refractivity contribution >= 4 is 0 Å². The van der Waals surface area contributed by atoms with Crippen LogP contribution in [0.4, 0.5) is 0 Å². The maximum absolute atomic E-state index is 6.39. The topological polar surface area (TPSA) is 26.0 Å². The molecule has 0 aromatic carbocycles. The summed E-state index contributed by atoms with van der Waals surface area (Å²) in [6.07, 6.45) is 2.71. The van der Waals surface area contributed by atoms with Crippen LogP contribution >= 0.6 is 0 Å². The van der Waals surface area contributed by atoms with Crippen molar-refractivity contribution in [3.8, 4) is 0 Å². The van der Waals surface area contributed by atoms with Crippen LogP contribution in [0, 0.1) is 17.8 Å². The van der Waals surface area contributed by atoms with Gasteiger partial charge in [-0.1, -0.05) is 27.7 Å². The molecule has 1 fully saturated rings. The number of hydrogen-bond donors (Lipinski definition) is 1. The van der Waals surface area contributed by atoms with Gasteiger partial charge in [-0.2, -0.15) is 0 Å². The van der Waals surface area contributed by atoms with Crippen LogP contribution in [-0.4, -0.2) is 5.54 Å². The SMILES string of the molecule is CC(C)C(N)(C(C)C)C1CC1. The Morgan fingerprint density at radius 3 is 1.55 bits per heavy atom. The fourth-order valence-electron chi connectivity index (χ4n) is 2.19. The third-order valence-corrected chi connectivity index (χ3v) is 3.28. The molecule has 0 aromatic rings. The van der Waals surface area contributed by atoms with Gasteiger partial charge in [0.25, 0.3) is 0 Å². The van der Waals surface area contributed by atoms with Crippen LogP contribution in [0.25, 0.3) is 0 Å². The molecule has 1 heteroatoms. The van der Waals surface area contributed by atoms with Crippen LogP contribution < -0.4 is 5.73 Å². The molecule has 0 radical (unpaired) electrons. The summed E-state index contributed by atoms with van der Waals surface area (Å²) < 4.78 is 0. The Morgan fingerprint density at radius 2 is 1.45 bits per heavy atom. The summed E-state index contributed by atoms with van der Waals surface area (Å²) in [4.78, 5) is 0. The van der Waals surface area contributed by atoms with Crippen molar-refractivity contribution in [1.29, 1.82) is 0 Å². The van der Waals surface area contributed by atoms with E-state index in [0.717, 1.165) is 5.92 Å². The molecule has 0 atom stereocenters. The highest BCUT2D eigenvalue weighted by Gasteiger charge is 2.46. The molecule has 2 N–H and O–H groups in total. The molecular weight excluding hydrogens is 134 g/mol. The lowest BCUT2D eigenvalue weighted by Crippen LogP contribution is -2.51. The van der Waals surface area contributed by atoms with E-state index in [1.165, 1.54) is 12.8 Å². The third kappa shape index (κ3) is 1.44. The summed E-state index contributed by atoms with van der Waals surface area (Å²) in [5.41, 5.74) is 6.50. The summed E-state index contributed by atoms with van der Waals surface area (Å²) in [6, 6.07) is 0. The Hall–Kier alpha value is -0.0400. The lowest BCUT2D eigenvalue weighted by molar-refractivity contribution is 0.190. The van der Waals surface area contributed by atoms with E-state index in [1.807, 2.05) is 0 Å². The largest absolute Gasteiger partial charge is 0.324 e. The van der Waals surface area contributed by atoms with Crippen LogP contribution in [0.3, 0.4) is 0 Å². The zero-order valence-corrected chi connectivity index (χ0v) is 8.22. The van der Waals surface area contributed by atoms with Gasteiger partial charge in [-0.15, -0.1) is 0 Å². The van der Waals surface area contributed by atoms with Crippen molar-refractivity contribution in [3.05, 3.63) is 0 Å². The monoisotopic (exact) mass is 155 g/mol. The Labute approximate surface area is 70.4 Å². The zero-order valence-electron chi connectivity index (χ0n) is 8.22. The molecule has 0 aromatic heterocycles. The highest BCUT2D eigenvalue weighted by molar-refractivity contribution is 5.02. The molecule has 0 saturated heterocycles. The van der Waals surface area contributed by atoms with Crippen molar-refractivity contribution in [2.75, 3.05) is 0 Å². The predicted octanol–water partition coefficient (Wildman–Crippen LogP) is 2.41. The van der Waals surface area contributed by atoms with Crippen LogP contribution in [0.5, 0.6) is 0 Å². The average Bonchev–Trinajstić information content (AvgIpc) is 2.66. The van der Waals surface area contributed by atoms with E-state index in [1.54, 1.807) is 0 Å². The highest BCUT2D eigenvalue weighted by atomic mass is 14.8. The molecule has 1 saturated carbocycles. The molecule has 1 aliphatic carbocycles. The summed E-state index contributed by atoms with van der Waals surface area (Å²) in [5.74, 6) is 2.05. The van der Waals surface area contributed by atoms with Crippen LogP contribution in [0.1, 0.15) is 40.5 Å². The van der Waals surface area contributed by atoms with Crippen LogP contribution in [0.15, 0.2) is 0 Å². The Bertz CT molecular complexity index is 120. The van der Waals surface area contributed by atoms with Gasteiger partial charge in [0.15, 0.2) is 0 Å². The van der Waals surface area contributed by atoms with Crippen LogP contribution in [-0.2, 0) is 0 Å². The second kappa shape index (κ2) is 2.78. The number of rotatable bonds is 3. The van der Waals surface area contributed by atoms with Gasteiger partial charge in [-0.3, -0.25) is 0 Å². The second-order valence-electron chi connectivity index (χ2n) is 4.58. The van der Waals surface area contributed by atoms with Crippen molar-refractivity contribution in [2.24, 2.45) is 23.5 Å². The van der Waals surface area contributed by atoms with Gasteiger partial charge in [0.05, 0.1) is 0 Å². The van der Waals surface area contributed by atoms with E-state index < -0.39 is 0 Å². The smallest absolute Gasteiger partial charge is 0.0229 e. The summed E-state index contributed by atoms with van der Waals surface area (Å²) >= 11 is 0. The fraction of sp³-hybridized carbons (Fsp3) is 1.00. The van der Waals surface area contributed by atoms with Crippen molar-refractivity contribution in [1.82, 2.24) is 0 Å². The maximum atomic E-state index is 6.39. The molecule has 0 aliphatic heterocycles. The lowest BCUT2D eigenvalue weighted by Gasteiger charge is -2.38. The third-order valence-electron chi connectivity index (χ3n) is 3.28. The zero-order chi connectivity index (χ0) is 8.65. The molecule has 1 nitrogen and oxygen atoms in total. The first-order valence-corrected chi connectivity index (χ1v) is 4.78. The van der Waals surface area contributed by atoms with Gasteiger partial charge in [0.2, 0.25) is 0 Å². The first-order valence-electron chi connectivity index (χ1n) is 4.78. The van der Waals surface area contributed by atoms with Gasteiger partial charge in [0, 0.05) is 5.54 Å². The second-order valence-corrected chi connectivity index (χ2v) is 4.58. The highest BCUT2D eigenvalue weighted by Crippen LogP contribution is 2.45. The average molecular weight is 155 g/mol. The van der Waals surface area contributed by atoms with E-state index in [0.29, 0.717) is 11.8 Å². The molecule has 11 heavy (non-hydrogen) atoms. The molecule has 0 bridgehead atoms. The molecular formula is C10H21N. The molecule has 0 heterocycles. The van der Waals surface area contributed by atoms with E-state index in [9.17, 15) is 0 Å². The van der Waals surface area contributed by atoms with E-state index in [-0.39, 0.29) is 5.54 Å². The van der Waals surface area contributed by atoms with Gasteiger partial charge in [-0.25, -0.2) is 0 Å². The Kier molecular flexibility index (Phi) is 2.29. The van der Waals surface area contributed by atoms with Crippen molar-refractivity contribution in [2.45, 2.75) is 46.1 Å². The number of hydrogen-bond acceptors (Lipinski definition) is 1. The predicted molar refractivity (Wildman–Crippen MR) is 49.3 cm³/mol. The minimum atomic E-state index is 0.111. The molecule has 1 aliphatic rings. The van der Waals surface area contributed by atoms with Crippen LogP contribution in [0.2, 0.25) is 0 Å². The maximum Gasteiger partial charge on any atom is 0.0229 e. The fourth-order valence-corrected chi connectivity index (χ4v) is 2.19. The van der Waals surface area contributed by atoms with E-state index >= 15 is 0 Å². The number of nitrogens with two attached hydrogens (primary N) is 1.